The minimum Gasteiger partial charge on any atom is -0.496 e. The molecule has 0 aromatic heterocycles. The molecule has 6 atom stereocenters. The number of fused-ring (bicyclic) bond motifs is 3. The number of hydrogen-bond acceptors (Lipinski definition) is 7. The number of nitrogens with zero attached hydrogens (tertiary/aromatic N) is 2. The lowest BCUT2D eigenvalue weighted by Crippen LogP contribution is -2.61. The van der Waals surface area contributed by atoms with Crippen LogP contribution in [0.1, 0.15) is 51.7 Å². The van der Waals surface area contributed by atoms with Gasteiger partial charge >= 0.3 is 0 Å². The Balaban J connectivity index is 1.66. The van der Waals surface area contributed by atoms with E-state index >= 15 is 0 Å². The smallest absolute Gasteiger partial charge is 0.247 e. The molecular weight excluding hydrogens is 598 g/mol. The highest BCUT2D eigenvalue weighted by molar-refractivity contribution is 5.96. The van der Waals surface area contributed by atoms with Crippen LogP contribution >= 0.6 is 0 Å². The molecule has 4 amide bonds. The van der Waals surface area contributed by atoms with Gasteiger partial charge in [-0.25, -0.2) is 0 Å². The highest BCUT2D eigenvalue weighted by Crippen LogP contribution is 2.30. The predicted molar refractivity (Wildman–Crippen MR) is 180 cm³/mol. The van der Waals surface area contributed by atoms with Crippen LogP contribution in [0.15, 0.2) is 54.7 Å². The summed E-state index contributed by atoms with van der Waals surface area (Å²) in [5, 5.41) is 8.74. The molecule has 1 fully saturated rings. The maximum Gasteiger partial charge on any atom is 0.247 e. The zero-order chi connectivity index (χ0) is 34.2. The number of methoxy groups -OCH3 is 1. The summed E-state index contributed by atoms with van der Waals surface area (Å²) in [7, 11) is 5.23. The maximum atomic E-state index is 14.4. The van der Waals surface area contributed by atoms with Gasteiger partial charge < -0.3 is 30.3 Å². The van der Waals surface area contributed by atoms with E-state index in [1.807, 2.05) is 77.0 Å². The number of hydrogen-bond donors (Lipinski definition) is 3. The molecule has 0 unspecified atom stereocenters. The van der Waals surface area contributed by atoms with Crippen molar-refractivity contribution in [1.29, 1.82) is 0 Å². The number of amides is 4. The first-order valence-corrected chi connectivity index (χ1v) is 16.4. The second-order valence-electron chi connectivity index (χ2n) is 12.9. The molecule has 0 radical (unpaired) electrons. The maximum absolute atomic E-state index is 14.4. The number of benzene rings is 2. The molecule has 2 aliphatic heterocycles. The molecule has 0 saturated carbocycles. The second-order valence-corrected chi connectivity index (χ2v) is 12.9. The molecule has 2 aliphatic rings. The number of carbonyl (C=O) groups is 4. The third-order valence-electron chi connectivity index (χ3n) is 9.09. The summed E-state index contributed by atoms with van der Waals surface area (Å²) < 4.78 is 11.9. The zero-order valence-electron chi connectivity index (χ0n) is 28.5. The number of nitrogens with one attached hydrogen (secondary N) is 3. The third-order valence-corrected chi connectivity index (χ3v) is 9.09. The SMILES string of the molecule is CC[C@H](C)[C@@H]1NC(=O)[C@@H]2[C@H](CCN2C(=O)[C@@H](NC(=O)[C@H](Cc2ccccc2)N(C)C)C(C)C)Oc2ccc(OC)c(c2)C=CNC1=O. The van der Waals surface area contributed by atoms with Gasteiger partial charge in [0.1, 0.15) is 35.7 Å². The second kappa shape index (κ2) is 15.9. The van der Waals surface area contributed by atoms with Gasteiger partial charge in [0.2, 0.25) is 23.6 Å². The Bertz CT molecular complexity index is 1440. The normalized spacial score (nSPS) is 21.6. The van der Waals surface area contributed by atoms with Gasteiger partial charge in [-0.3, -0.25) is 24.1 Å². The molecule has 2 heterocycles. The first kappa shape index (κ1) is 35.5. The highest BCUT2D eigenvalue weighted by Gasteiger charge is 2.47. The van der Waals surface area contributed by atoms with E-state index in [1.165, 1.54) is 11.1 Å². The lowest BCUT2D eigenvalue weighted by molar-refractivity contribution is -0.145. The molecule has 2 bridgehead atoms. The molecule has 47 heavy (non-hydrogen) atoms. The summed E-state index contributed by atoms with van der Waals surface area (Å²) in [5.74, 6) is -0.869. The minimum atomic E-state index is -1.03. The van der Waals surface area contributed by atoms with Crippen LogP contribution in [0.25, 0.3) is 6.08 Å². The van der Waals surface area contributed by atoms with E-state index < -0.39 is 36.2 Å². The van der Waals surface area contributed by atoms with Gasteiger partial charge in [-0.2, -0.15) is 0 Å². The van der Waals surface area contributed by atoms with Crippen molar-refractivity contribution >= 4 is 29.7 Å². The van der Waals surface area contributed by atoms with Crippen molar-refractivity contribution in [3.63, 3.8) is 0 Å². The van der Waals surface area contributed by atoms with E-state index in [1.54, 1.807) is 31.4 Å². The van der Waals surface area contributed by atoms with E-state index in [0.29, 0.717) is 36.3 Å². The fraction of sp³-hybridized carbons (Fsp3) is 0.500. The molecule has 254 valence electrons. The molecule has 0 aliphatic carbocycles. The van der Waals surface area contributed by atoms with Crippen LogP contribution in [0.5, 0.6) is 11.5 Å². The van der Waals surface area contributed by atoms with Crippen LogP contribution in [0.4, 0.5) is 0 Å². The lowest BCUT2D eigenvalue weighted by atomic mass is 9.97. The van der Waals surface area contributed by atoms with Crippen molar-refractivity contribution in [2.45, 2.75) is 77.2 Å². The van der Waals surface area contributed by atoms with E-state index in [-0.39, 0.29) is 36.1 Å². The summed E-state index contributed by atoms with van der Waals surface area (Å²) in [6, 6.07) is 11.7. The Morgan fingerprint density at radius 1 is 1.09 bits per heavy atom. The molecule has 11 heteroatoms. The van der Waals surface area contributed by atoms with Gasteiger partial charge in [-0.15, -0.1) is 0 Å². The lowest BCUT2D eigenvalue weighted by Gasteiger charge is -2.34. The Labute approximate surface area is 278 Å². The average Bonchev–Trinajstić information content (AvgIpc) is 3.47. The Morgan fingerprint density at radius 3 is 2.45 bits per heavy atom. The van der Waals surface area contributed by atoms with E-state index in [4.69, 9.17) is 9.47 Å². The van der Waals surface area contributed by atoms with Gasteiger partial charge in [-0.05, 0) is 62.2 Å². The third kappa shape index (κ3) is 8.51. The first-order valence-electron chi connectivity index (χ1n) is 16.4. The van der Waals surface area contributed by atoms with Crippen molar-refractivity contribution in [2.75, 3.05) is 27.7 Å². The fourth-order valence-corrected chi connectivity index (χ4v) is 6.07. The van der Waals surface area contributed by atoms with Gasteiger partial charge in [-0.1, -0.05) is 64.4 Å². The van der Waals surface area contributed by atoms with Crippen molar-refractivity contribution in [3.8, 4) is 11.5 Å². The van der Waals surface area contributed by atoms with Crippen molar-refractivity contribution in [3.05, 3.63) is 65.9 Å². The number of ether oxygens (including phenoxy) is 2. The summed E-state index contributed by atoms with van der Waals surface area (Å²) in [4.78, 5) is 58.9. The fourth-order valence-electron chi connectivity index (χ4n) is 6.07. The predicted octanol–water partition coefficient (Wildman–Crippen LogP) is 2.99. The molecule has 2 aromatic carbocycles. The molecule has 3 N–H and O–H groups in total. The van der Waals surface area contributed by atoms with E-state index in [2.05, 4.69) is 16.0 Å². The first-order chi connectivity index (χ1) is 22.4. The van der Waals surface area contributed by atoms with Crippen molar-refractivity contribution < 1.29 is 28.7 Å². The quantitative estimate of drug-likeness (QED) is 0.362. The number of carbonyl (C=O) groups excluding carboxylic acids is 4. The van der Waals surface area contributed by atoms with Crippen LogP contribution in [0, 0.1) is 11.8 Å². The van der Waals surface area contributed by atoms with E-state index in [0.717, 1.165) is 5.56 Å². The summed E-state index contributed by atoms with van der Waals surface area (Å²) >= 11 is 0. The zero-order valence-corrected chi connectivity index (χ0v) is 28.5. The summed E-state index contributed by atoms with van der Waals surface area (Å²) in [6.07, 6.45) is 4.04. The molecule has 0 spiro atoms. The standard InChI is InChI=1S/C36H49N5O6/c1-8-23(4)31-34(43)37-18-16-25-21-26(14-15-28(25)46-7)47-29-17-19-41(32(29)35(44)39-31)36(45)30(22(2)3)38-33(42)27(40(5)6)20-24-12-10-9-11-13-24/h9-16,18,21-23,27,29-32H,8,17,19-20H2,1-7H3,(H,37,43)(H,38,42)(H,39,44)/t23-,27-,29-,30-,31-,32-/m0/s1. The van der Waals surface area contributed by atoms with E-state index in [9.17, 15) is 19.2 Å². The van der Waals surface area contributed by atoms with Crippen LogP contribution in [-0.4, -0.2) is 91.4 Å². The average molecular weight is 648 g/mol. The van der Waals surface area contributed by atoms with Crippen LogP contribution in [0.2, 0.25) is 0 Å². The molecule has 1 saturated heterocycles. The highest BCUT2D eigenvalue weighted by atomic mass is 16.5. The van der Waals surface area contributed by atoms with Gasteiger partial charge in [0.05, 0.1) is 13.2 Å². The number of likely N-dealkylation sites (tertiary alicyclic amines) is 1. The Kier molecular flexibility index (Phi) is 12.0. The van der Waals surface area contributed by atoms with Gasteiger partial charge in [0.15, 0.2) is 0 Å². The van der Waals surface area contributed by atoms with Crippen molar-refractivity contribution in [1.82, 2.24) is 25.8 Å². The van der Waals surface area contributed by atoms with Crippen LogP contribution < -0.4 is 25.4 Å². The molecular formula is C36H49N5O6. The largest absolute Gasteiger partial charge is 0.496 e. The summed E-state index contributed by atoms with van der Waals surface area (Å²) in [6.45, 7) is 7.82. The monoisotopic (exact) mass is 647 g/mol. The van der Waals surface area contributed by atoms with Crippen LogP contribution in [-0.2, 0) is 25.6 Å². The number of likely N-dealkylation sites (N-methyl/N-ethyl adjacent to an activating group) is 1. The summed E-state index contributed by atoms with van der Waals surface area (Å²) in [5.41, 5.74) is 1.69. The van der Waals surface area contributed by atoms with Gasteiger partial charge in [0.25, 0.3) is 0 Å². The van der Waals surface area contributed by atoms with Crippen LogP contribution in [0.3, 0.4) is 0 Å². The Hall–Kier alpha value is -4.38. The molecule has 11 nitrogen and oxygen atoms in total. The molecule has 2 aromatic rings. The Morgan fingerprint density at radius 2 is 1.81 bits per heavy atom. The van der Waals surface area contributed by atoms with Crippen molar-refractivity contribution in [2.24, 2.45) is 11.8 Å². The molecule has 4 rings (SSSR count). The van der Waals surface area contributed by atoms with Gasteiger partial charge in [0, 0.05) is 24.7 Å². The number of rotatable bonds is 10. The minimum absolute atomic E-state index is 0.187. The topological polar surface area (TPSA) is 129 Å².